The number of aromatic nitrogens is 2. The van der Waals surface area contributed by atoms with Crippen molar-refractivity contribution in [1.29, 1.82) is 0 Å². The minimum atomic E-state index is -1.16. The Morgan fingerprint density at radius 1 is 1.19 bits per heavy atom. The molecule has 0 radical (unpaired) electrons. The predicted molar refractivity (Wildman–Crippen MR) is 101 cm³/mol. The van der Waals surface area contributed by atoms with Crippen LogP contribution < -0.4 is 16.4 Å². The predicted octanol–water partition coefficient (Wildman–Crippen LogP) is 0.426. The number of carboxylic acid groups (broad SMARTS) is 1. The van der Waals surface area contributed by atoms with Gasteiger partial charge in [-0.2, -0.15) is 0 Å². The lowest BCUT2D eigenvalue weighted by Gasteiger charge is -2.25. The molecule has 1 aromatic rings. The molecule has 2 amide bonds. The molecule has 9 heteroatoms. The zero-order chi connectivity index (χ0) is 20.6. The number of aromatic amines is 1. The van der Waals surface area contributed by atoms with Crippen LogP contribution >= 0.6 is 0 Å². The summed E-state index contributed by atoms with van der Waals surface area (Å²) in [4.78, 5) is 43.2. The van der Waals surface area contributed by atoms with E-state index in [2.05, 4.69) is 20.6 Å². The number of nitrogens with two attached hydrogens (primary N) is 1. The molecule has 0 aliphatic carbocycles. The number of hydrogen-bond donors (Lipinski definition) is 5. The Bertz CT molecular complexity index is 617. The van der Waals surface area contributed by atoms with E-state index >= 15 is 0 Å². The second-order valence-corrected chi connectivity index (χ2v) is 7.28. The van der Waals surface area contributed by atoms with Crippen LogP contribution in [0.1, 0.15) is 46.2 Å². The molecule has 9 nitrogen and oxygen atoms in total. The first kappa shape index (κ1) is 22.6. The summed E-state index contributed by atoms with van der Waals surface area (Å²) in [7, 11) is 0. The van der Waals surface area contributed by atoms with E-state index < -0.39 is 35.9 Å². The van der Waals surface area contributed by atoms with Gasteiger partial charge in [-0.15, -0.1) is 0 Å². The lowest BCUT2D eigenvalue weighted by atomic mass is 9.97. The number of amides is 2. The van der Waals surface area contributed by atoms with Crippen LogP contribution in [0, 0.1) is 11.8 Å². The van der Waals surface area contributed by atoms with E-state index in [1.807, 2.05) is 27.7 Å². The maximum absolute atomic E-state index is 12.7. The van der Waals surface area contributed by atoms with Crippen molar-refractivity contribution < 1.29 is 19.5 Å². The molecule has 4 unspecified atom stereocenters. The minimum Gasteiger partial charge on any atom is -0.480 e. The van der Waals surface area contributed by atoms with E-state index in [4.69, 9.17) is 5.73 Å². The van der Waals surface area contributed by atoms with Crippen molar-refractivity contribution in [1.82, 2.24) is 20.6 Å². The van der Waals surface area contributed by atoms with Crippen molar-refractivity contribution >= 4 is 17.8 Å². The Morgan fingerprint density at radius 3 is 2.30 bits per heavy atom. The van der Waals surface area contributed by atoms with Gasteiger partial charge in [0.2, 0.25) is 11.8 Å². The molecule has 1 aromatic heterocycles. The number of carbonyl (C=O) groups is 3. The minimum absolute atomic E-state index is 0.0279. The van der Waals surface area contributed by atoms with Crippen LogP contribution in [0.3, 0.4) is 0 Å². The molecule has 0 saturated heterocycles. The maximum atomic E-state index is 12.7. The van der Waals surface area contributed by atoms with Crippen LogP contribution in [-0.2, 0) is 20.8 Å². The number of imidazole rings is 1. The fraction of sp³-hybridized carbons (Fsp3) is 0.667. The zero-order valence-electron chi connectivity index (χ0n) is 16.4. The van der Waals surface area contributed by atoms with Gasteiger partial charge in [0.05, 0.1) is 12.4 Å². The van der Waals surface area contributed by atoms with E-state index in [1.165, 1.54) is 12.5 Å². The number of nitrogens with zero attached hydrogens (tertiary/aromatic N) is 1. The summed E-state index contributed by atoms with van der Waals surface area (Å²) in [5, 5.41) is 14.6. The molecule has 1 heterocycles. The maximum Gasteiger partial charge on any atom is 0.326 e. The van der Waals surface area contributed by atoms with Crippen LogP contribution in [0.25, 0.3) is 0 Å². The summed E-state index contributed by atoms with van der Waals surface area (Å²) >= 11 is 0. The summed E-state index contributed by atoms with van der Waals surface area (Å²) in [6.07, 6.45) is 4.12. The highest BCUT2D eigenvalue weighted by Gasteiger charge is 2.29. The van der Waals surface area contributed by atoms with Crippen LogP contribution in [0.5, 0.6) is 0 Å². The number of rotatable bonds is 11. The summed E-state index contributed by atoms with van der Waals surface area (Å²) in [5.41, 5.74) is 6.53. The van der Waals surface area contributed by atoms with Crippen molar-refractivity contribution in [3.05, 3.63) is 18.2 Å². The molecule has 0 bridgehead atoms. The van der Waals surface area contributed by atoms with Crippen molar-refractivity contribution in [2.45, 2.75) is 65.1 Å². The first-order chi connectivity index (χ1) is 12.6. The van der Waals surface area contributed by atoms with Crippen molar-refractivity contribution in [3.8, 4) is 0 Å². The summed E-state index contributed by atoms with van der Waals surface area (Å²) in [6.45, 7) is 7.64. The van der Waals surface area contributed by atoms with Gasteiger partial charge in [-0.05, 0) is 18.3 Å². The van der Waals surface area contributed by atoms with Gasteiger partial charge >= 0.3 is 5.97 Å². The molecule has 0 aromatic carbocycles. The van der Waals surface area contributed by atoms with Gasteiger partial charge in [0, 0.05) is 18.3 Å². The third-order valence-corrected chi connectivity index (χ3v) is 4.49. The number of H-pyrrole nitrogens is 1. The topological polar surface area (TPSA) is 150 Å². The summed E-state index contributed by atoms with van der Waals surface area (Å²) in [6, 6.07) is -2.71. The average molecular weight is 381 g/mol. The number of carboxylic acids is 1. The molecule has 27 heavy (non-hydrogen) atoms. The smallest absolute Gasteiger partial charge is 0.326 e. The highest BCUT2D eigenvalue weighted by atomic mass is 16.4. The van der Waals surface area contributed by atoms with E-state index in [9.17, 15) is 19.5 Å². The molecule has 0 saturated carbocycles. The Kier molecular flexibility index (Phi) is 8.93. The van der Waals surface area contributed by atoms with Gasteiger partial charge in [-0.25, -0.2) is 9.78 Å². The van der Waals surface area contributed by atoms with E-state index in [-0.39, 0.29) is 18.3 Å². The second kappa shape index (κ2) is 10.7. The molecule has 0 fully saturated rings. The zero-order valence-corrected chi connectivity index (χ0v) is 16.4. The standard InChI is InChI=1S/C18H31N5O4/c1-5-11(4)15(19)17(25)22-13(6-10(2)3)16(24)23-14(18(26)27)7-12-8-20-9-21-12/h8-11,13-15H,5-7,19H2,1-4H3,(H,20,21)(H,22,25)(H,23,24)(H,26,27). The molecular weight excluding hydrogens is 350 g/mol. The average Bonchev–Trinajstić information content (AvgIpc) is 3.11. The third kappa shape index (κ3) is 7.38. The summed E-state index contributed by atoms with van der Waals surface area (Å²) in [5.74, 6) is -2.02. The lowest BCUT2D eigenvalue weighted by molar-refractivity contribution is -0.142. The lowest BCUT2D eigenvalue weighted by Crippen LogP contribution is -2.56. The molecule has 6 N–H and O–H groups in total. The number of aliphatic carboxylic acids is 1. The van der Waals surface area contributed by atoms with Gasteiger partial charge in [0.1, 0.15) is 12.1 Å². The fourth-order valence-corrected chi connectivity index (χ4v) is 2.57. The van der Waals surface area contributed by atoms with Gasteiger partial charge in [-0.3, -0.25) is 9.59 Å². The highest BCUT2D eigenvalue weighted by Crippen LogP contribution is 2.09. The van der Waals surface area contributed by atoms with Crippen molar-refractivity contribution in [2.75, 3.05) is 0 Å². The monoisotopic (exact) mass is 381 g/mol. The van der Waals surface area contributed by atoms with E-state index in [0.29, 0.717) is 12.1 Å². The quantitative estimate of drug-likeness (QED) is 0.375. The van der Waals surface area contributed by atoms with Crippen LogP contribution in [0.2, 0.25) is 0 Å². The van der Waals surface area contributed by atoms with E-state index in [0.717, 1.165) is 6.42 Å². The number of hydrogen-bond acceptors (Lipinski definition) is 5. The van der Waals surface area contributed by atoms with Gasteiger partial charge in [0.15, 0.2) is 0 Å². The first-order valence-electron chi connectivity index (χ1n) is 9.22. The van der Waals surface area contributed by atoms with Crippen LogP contribution in [-0.4, -0.2) is 51.0 Å². The van der Waals surface area contributed by atoms with Crippen molar-refractivity contribution in [3.63, 3.8) is 0 Å². The Hall–Kier alpha value is -2.42. The van der Waals surface area contributed by atoms with Crippen LogP contribution in [0.15, 0.2) is 12.5 Å². The number of nitrogens with one attached hydrogen (secondary N) is 3. The SMILES string of the molecule is CCC(C)C(N)C(=O)NC(CC(C)C)C(=O)NC(Cc1cnc[nH]1)C(=O)O. The number of carbonyl (C=O) groups excluding carboxylic acids is 2. The summed E-state index contributed by atoms with van der Waals surface area (Å²) < 4.78 is 0. The van der Waals surface area contributed by atoms with Gasteiger partial charge < -0.3 is 26.5 Å². The molecule has 0 aliphatic heterocycles. The fourth-order valence-electron chi connectivity index (χ4n) is 2.57. The van der Waals surface area contributed by atoms with Gasteiger partial charge in [-0.1, -0.05) is 34.1 Å². The largest absolute Gasteiger partial charge is 0.480 e. The Balaban J connectivity index is 2.83. The molecule has 0 spiro atoms. The van der Waals surface area contributed by atoms with E-state index in [1.54, 1.807) is 0 Å². The normalized spacial score (nSPS) is 15.6. The molecule has 1 rings (SSSR count). The molecular formula is C18H31N5O4. The molecule has 4 atom stereocenters. The van der Waals surface area contributed by atoms with Crippen molar-refractivity contribution in [2.24, 2.45) is 17.6 Å². The van der Waals surface area contributed by atoms with Gasteiger partial charge in [0.25, 0.3) is 0 Å². The second-order valence-electron chi connectivity index (χ2n) is 7.28. The first-order valence-corrected chi connectivity index (χ1v) is 9.22. The Morgan fingerprint density at radius 2 is 1.81 bits per heavy atom. The highest BCUT2D eigenvalue weighted by molar-refractivity contribution is 5.91. The Labute approximate surface area is 159 Å². The van der Waals surface area contributed by atoms with Crippen LogP contribution in [0.4, 0.5) is 0 Å². The molecule has 152 valence electrons. The molecule has 0 aliphatic rings. The third-order valence-electron chi connectivity index (χ3n) is 4.49.